The molecule has 0 bridgehead atoms. The summed E-state index contributed by atoms with van der Waals surface area (Å²) in [4.78, 5) is 17.5. The van der Waals surface area contributed by atoms with Crippen LogP contribution >= 0.6 is 11.6 Å². The lowest BCUT2D eigenvalue weighted by molar-refractivity contribution is -0.144. The van der Waals surface area contributed by atoms with Gasteiger partial charge in [0.25, 0.3) is 0 Å². The fraction of sp³-hybridized carbons (Fsp3) is 0.500. The third-order valence-electron chi connectivity index (χ3n) is 1.98. The van der Waals surface area contributed by atoms with Crippen LogP contribution in [0.25, 0.3) is 0 Å². The average molecular weight is 297 g/mol. The van der Waals surface area contributed by atoms with Gasteiger partial charge >= 0.3 is 6.18 Å². The van der Waals surface area contributed by atoms with E-state index < -0.39 is 12.0 Å². The molecule has 0 aliphatic heterocycles. The minimum Gasteiger partial charge on any atom is -0.369 e. The molecule has 0 radical (unpaired) electrons. The van der Waals surface area contributed by atoms with E-state index in [1.165, 1.54) is 0 Å². The first-order chi connectivity index (χ1) is 8.82. The van der Waals surface area contributed by atoms with Gasteiger partial charge in [0.2, 0.25) is 11.7 Å². The van der Waals surface area contributed by atoms with Crippen molar-refractivity contribution in [3.05, 3.63) is 17.0 Å². The van der Waals surface area contributed by atoms with Crippen LogP contribution in [0.15, 0.2) is 6.07 Å². The Kier molecular flexibility index (Phi) is 5.34. The van der Waals surface area contributed by atoms with E-state index in [2.05, 4.69) is 20.6 Å². The molecule has 0 aliphatic rings. The van der Waals surface area contributed by atoms with Crippen molar-refractivity contribution in [1.82, 2.24) is 15.3 Å². The van der Waals surface area contributed by atoms with Crippen LogP contribution in [0.1, 0.15) is 19.2 Å². The van der Waals surface area contributed by atoms with Gasteiger partial charge in [-0.15, -0.1) is 0 Å². The summed E-state index contributed by atoms with van der Waals surface area (Å²) < 4.78 is 37.3. The number of nitrogens with one attached hydrogen (secondary N) is 2. The molecule has 1 heterocycles. The Hall–Kier alpha value is -1.57. The molecule has 0 atom stereocenters. The van der Waals surface area contributed by atoms with E-state index in [4.69, 9.17) is 11.6 Å². The molecule has 1 aromatic rings. The number of rotatable bonds is 5. The van der Waals surface area contributed by atoms with E-state index in [0.717, 1.165) is 6.07 Å². The minimum atomic E-state index is -4.67. The van der Waals surface area contributed by atoms with E-state index >= 15 is 0 Å². The molecule has 0 aromatic carbocycles. The molecule has 1 aromatic heterocycles. The van der Waals surface area contributed by atoms with E-state index in [0.29, 0.717) is 6.54 Å². The summed E-state index contributed by atoms with van der Waals surface area (Å²) in [5, 5.41) is 4.84. The third kappa shape index (κ3) is 5.29. The molecule has 2 N–H and O–H groups in total. The predicted molar refractivity (Wildman–Crippen MR) is 63.8 cm³/mol. The number of aromatic nitrogens is 2. The maximum atomic E-state index is 12.4. The van der Waals surface area contributed by atoms with Crippen molar-refractivity contribution in [2.24, 2.45) is 0 Å². The lowest BCUT2D eigenvalue weighted by atomic mass is 10.4. The van der Waals surface area contributed by atoms with Crippen molar-refractivity contribution in [2.45, 2.75) is 19.5 Å². The quantitative estimate of drug-likeness (QED) is 0.817. The van der Waals surface area contributed by atoms with Crippen molar-refractivity contribution in [2.75, 3.05) is 18.4 Å². The number of nitrogens with zero attached hydrogens (tertiary/aromatic N) is 2. The highest BCUT2D eigenvalue weighted by Gasteiger charge is 2.35. The van der Waals surface area contributed by atoms with Gasteiger partial charge in [-0.1, -0.05) is 11.6 Å². The maximum Gasteiger partial charge on any atom is 0.451 e. The summed E-state index contributed by atoms with van der Waals surface area (Å²) in [6, 6.07) is 1.16. The molecule has 0 fully saturated rings. The zero-order valence-electron chi connectivity index (χ0n) is 10.0. The average Bonchev–Trinajstić information content (AvgIpc) is 2.27. The first-order valence-electron chi connectivity index (χ1n) is 5.45. The fourth-order valence-electron chi connectivity index (χ4n) is 1.22. The zero-order valence-corrected chi connectivity index (χ0v) is 10.8. The molecule has 9 heteroatoms. The molecule has 0 unspecified atom stereocenters. The van der Waals surface area contributed by atoms with Crippen molar-refractivity contribution in [3.63, 3.8) is 0 Å². The summed E-state index contributed by atoms with van der Waals surface area (Å²) in [7, 11) is 0. The zero-order chi connectivity index (χ0) is 14.5. The number of anilines is 1. The van der Waals surface area contributed by atoms with Gasteiger partial charge in [0.15, 0.2) is 0 Å². The summed E-state index contributed by atoms with van der Waals surface area (Å²) in [5.41, 5.74) is 0. The van der Waals surface area contributed by atoms with Crippen molar-refractivity contribution >= 4 is 23.3 Å². The Balaban J connectivity index is 2.64. The van der Waals surface area contributed by atoms with Crippen LogP contribution in [0.4, 0.5) is 19.0 Å². The summed E-state index contributed by atoms with van der Waals surface area (Å²) in [6.45, 7) is 2.41. The van der Waals surface area contributed by atoms with Crippen LogP contribution in [0, 0.1) is 0 Å². The molecule has 0 spiro atoms. The summed E-state index contributed by atoms with van der Waals surface area (Å²) in [6.07, 6.45) is -4.54. The summed E-state index contributed by atoms with van der Waals surface area (Å²) >= 11 is 5.48. The minimum absolute atomic E-state index is 0.0726. The van der Waals surface area contributed by atoms with Gasteiger partial charge in [-0.05, 0) is 6.92 Å². The van der Waals surface area contributed by atoms with Crippen LogP contribution in [0.2, 0.25) is 5.15 Å². The van der Waals surface area contributed by atoms with Crippen LogP contribution in [0.3, 0.4) is 0 Å². The van der Waals surface area contributed by atoms with Gasteiger partial charge in [-0.3, -0.25) is 4.79 Å². The van der Waals surface area contributed by atoms with E-state index in [-0.39, 0.29) is 29.8 Å². The van der Waals surface area contributed by atoms with Gasteiger partial charge in [0, 0.05) is 25.6 Å². The normalized spacial score (nSPS) is 11.2. The number of hydrogen-bond donors (Lipinski definition) is 2. The van der Waals surface area contributed by atoms with Crippen molar-refractivity contribution < 1.29 is 18.0 Å². The maximum absolute atomic E-state index is 12.4. The second-order valence-electron chi connectivity index (χ2n) is 3.53. The van der Waals surface area contributed by atoms with Crippen LogP contribution in [-0.2, 0) is 11.0 Å². The van der Waals surface area contributed by atoms with E-state index in [1.54, 1.807) is 6.92 Å². The molecule has 0 saturated heterocycles. The number of carbonyl (C=O) groups is 1. The highest BCUT2D eigenvalue weighted by atomic mass is 35.5. The number of amides is 1. The Morgan fingerprint density at radius 2 is 2.11 bits per heavy atom. The number of hydrogen-bond acceptors (Lipinski definition) is 4. The molecule has 1 amide bonds. The smallest absolute Gasteiger partial charge is 0.369 e. The Morgan fingerprint density at radius 1 is 1.42 bits per heavy atom. The number of carbonyl (C=O) groups excluding carboxylic acids is 1. The van der Waals surface area contributed by atoms with Gasteiger partial charge in [0.05, 0.1) is 0 Å². The van der Waals surface area contributed by atoms with Gasteiger partial charge in [0.1, 0.15) is 11.0 Å². The van der Waals surface area contributed by atoms with Crippen LogP contribution in [0.5, 0.6) is 0 Å². The Bertz CT molecular complexity index is 453. The fourth-order valence-corrected chi connectivity index (χ4v) is 1.41. The van der Waals surface area contributed by atoms with Crippen molar-refractivity contribution in [1.29, 1.82) is 0 Å². The third-order valence-corrected chi connectivity index (χ3v) is 2.17. The SMILES string of the molecule is CCNC(=O)CCNc1cc(Cl)nc(C(F)(F)F)n1. The number of halogens is 4. The molecular weight excluding hydrogens is 285 g/mol. The monoisotopic (exact) mass is 296 g/mol. The standard InChI is InChI=1S/C10H12ClF3N4O/c1-2-15-8(19)3-4-16-7-5-6(11)17-9(18-7)10(12,13)14/h5H,2-4H2,1H3,(H,15,19)(H,16,17,18). The molecule has 0 saturated carbocycles. The highest BCUT2D eigenvalue weighted by molar-refractivity contribution is 6.29. The Labute approximate surface area is 112 Å². The Morgan fingerprint density at radius 3 is 2.68 bits per heavy atom. The molecule has 19 heavy (non-hydrogen) atoms. The first-order valence-corrected chi connectivity index (χ1v) is 5.83. The van der Waals surface area contributed by atoms with E-state index in [1.807, 2.05) is 0 Å². The van der Waals surface area contributed by atoms with Crippen molar-refractivity contribution in [3.8, 4) is 0 Å². The van der Waals surface area contributed by atoms with Crippen LogP contribution in [-0.4, -0.2) is 29.0 Å². The number of alkyl halides is 3. The predicted octanol–water partition coefficient (Wildman–Crippen LogP) is 2.09. The lowest BCUT2D eigenvalue weighted by Crippen LogP contribution is -2.25. The second-order valence-corrected chi connectivity index (χ2v) is 3.91. The molecule has 0 aliphatic carbocycles. The second kappa shape index (κ2) is 6.55. The van der Waals surface area contributed by atoms with E-state index in [9.17, 15) is 18.0 Å². The van der Waals surface area contributed by atoms with Gasteiger partial charge in [-0.25, -0.2) is 9.97 Å². The first kappa shape index (κ1) is 15.5. The molecular formula is C10H12ClF3N4O. The molecule has 106 valence electrons. The lowest BCUT2D eigenvalue weighted by Gasteiger charge is -2.09. The topological polar surface area (TPSA) is 66.9 Å². The van der Waals surface area contributed by atoms with Gasteiger partial charge < -0.3 is 10.6 Å². The molecule has 1 rings (SSSR count). The van der Waals surface area contributed by atoms with Crippen LogP contribution < -0.4 is 10.6 Å². The molecule has 5 nitrogen and oxygen atoms in total. The largest absolute Gasteiger partial charge is 0.451 e. The summed E-state index contributed by atoms with van der Waals surface area (Å²) in [5.74, 6) is -1.59. The van der Waals surface area contributed by atoms with Gasteiger partial charge in [-0.2, -0.15) is 13.2 Å². The highest BCUT2D eigenvalue weighted by Crippen LogP contribution is 2.28.